The van der Waals surface area contributed by atoms with Gasteiger partial charge in [0.1, 0.15) is 0 Å². The zero-order valence-corrected chi connectivity index (χ0v) is 9.14. The lowest BCUT2D eigenvalue weighted by atomic mass is 9.98. The summed E-state index contributed by atoms with van der Waals surface area (Å²) in [7, 11) is 0. The number of nitrogens with one attached hydrogen (secondary N) is 2. The summed E-state index contributed by atoms with van der Waals surface area (Å²) in [6.45, 7) is 0. The van der Waals surface area contributed by atoms with Crippen molar-refractivity contribution in [1.29, 1.82) is 5.26 Å². The molecule has 3 nitrogen and oxygen atoms in total. The number of rotatable bonds is 1. The third-order valence-electron chi connectivity index (χ3n) is 3.00. The summed E-state index contributed by atoms with van der Waals surface area (Å²) >= 11 is 0. The maximum Gasteiger partial charge on any atom is 0.0991 e. The minimum Gasteiger partial charge on any atom is -0.320 e. The molecule has 1 unspecified atom stereocenters. The lowest BCUT2D eigenvalue weighted by Gasteiger charge is -2.11. The molecule has 0 saturated heterocycles. The van der Waals surface area contributed by atoms with Crippen molar-refractivity contribution in [1.82, 2.24) is 5.43 Å². The van der Waals surface area contributed by atoms with Gasteiger partial charge in [0.05, 0.1) is 23.4 Å². The molecule has 1 heterocycles. The molecule has 2 aromatic carbocycles. The van der Waals surface area contributed by atoms with Crippen molar-refractivity contribution >= 4 is 5.69 Å². The van der Waals surface area contributed by atoms with Gasteiger partial charge in [-0.25, -0.2) is 5.43 Å². The second-order valence-corrected chi connectivity index (χ2v) is 4.02. The minimum atomic E-state index is 0.152. The predicted octanol–water partition coefficient (Wildman–Crippen LogP) is 2.58. The highest BCUT2D eigenvalue weighted by molar-refractivity contribution is 5.58. The van der Waals surface area contributed by atoms with Gasteiger partial charge >= 0.3 is 0 Å². The van der Waals surface area contributed by atoms with E-state index in [-0.39, 0.29) is 6.04 Å². The number of fused-ring (bicyclic) bond motifs is 1. The van der Waals surface area contributed by atoms with Crippen LogP contribution in [-0.4, -0.2) is 0 Å². The first kappa shape index (κ1) is 9.88. The first-order chi connectivity index (χ1) is 8.38. The quantitative estimate of drug-likeness (QED) is 0.778. The molecule has 1 aliphatic heterocycles. The Labute approximate surface area is 99.7 Å². The largest absolute Gasteiger partial charge is 0.320 e. The van der Waals surface area contributed by atoms with Gasteiger partial charge in [-0.1, -0.05) is 30.3 Å². The number of anilines is 1. The van der Waals surface area contributed by atoms with Crippen molar-refractivity contribution < 1.29 is 0 Å². The summed E-state index contributed by atoms with van der Waals surface area (Å²) in [6, 6.07) is 18.1. The molecule has 2 aromatic rings. The van der Waals surface area contributed by atoms with Crippen molar-refractivity contribution in [2.24, 2.45) is 0 Å². The molecule has 1 atom stereocenters. The van der Waals surface area contributed by atoms with Crippen LogP contribution in [0.25, 0.3) is 0 Å². The van der Waals surface area contributed by atoms with E-state index in [9.17, 15) is 0 Å². The molecule has 3 heteroatoms. The van der Waals surface area contributed by atoms with Crippen LogP contribution < -0.4 is 10.9 Å². The molecule has 17 heavy (non-hydrogen) atoms. The maximum atomic E-state index is 8.77. The Bertz CT molecular complexity index is 581. The van der Waals surface area contributed by atoms with E-state index in [1.54, 1.807) is 0 Å². The molecule has 2 N–H and O–H groups in total. The van der Waals surface area contributed by atoms with Gasteiger partial charge in [0, 0.05) is 0 Å². The van der Waals surface area contributed by atoms with Crippen LogP contribution in [-0.2, 0) is 0 Å². The smallest absolute Gasteiger partial charge is 0.0991 e. The van der Waals surface area contributed by atoms with E-state index in [4.69, 9.17) is 5.26 Å². The molecule has 0 fully saturated rings. The van der Waals surface area contributed by atoms with Crippen molar-refractivity contribution in [3.05, 3.63) is 65.2 Å². The van der Waals surface area contributed by atoms with E-state index in [2.05, 4.69) is 23.0 Å². The average molecular weight is 221 g/mol. The first-order valence-corrected chi connectivity index (χ1v) is 5.49. The van der Waals surface area contributed by atoms with E-state index in [1.165, 1.54) is 5.56 Å². The molecule has 3 rings (SSSR count). The number of hydrazine groups is 1. The Balaban J connectivity index is 1.99. The summed E-state index contributed by atoms with van der Waals surface area (Å²) in [5.41, 5.74) is 10.6. The van der Waals surface area contributed by atoms with Gasteiger partial charge in [-0.05, 0) is 29.3 Å². The molecule has 0 spiro atoms. The molecular formula is C14H11N3. The Morgan fingerprint density at radius 1 is 1.00 bits per heavy atom. The summed E-state index contributed by atoms with van der Waals surface area (Å²) in [5.74, 6) is 0. The fourth-order valence-electron chi connectivity index (χ4n) is 2.10. The Kier molecular flexibility index (Phi) is 2.28. The van der Waals surface area contributed by atoms with Crippen molar-refractivity contribution in [3.8, 4) is 6.07 Å². The highest BCUT2D eigenvalue weighted by Gasteiger charge is 2.22. The molecule has 1 aliphatic rings. The van der Waals surface area contributed by atoms with Crippen molar-refractivity contribution in [2.45, 2.75) is 6.04 Å². The fraction of sp³-hybridized carbons (Fsp3) is 0.0714. The van der Waals surface area contributed by atoms with E-state index in [0.29, 0.717) is 5.56 Å². The van der Waals surface area contributed by atoms with E-state index in [0.717, 1.165) is 11.3 Å². The number of nitrogens with zero attached hydrogens (tertiary/aromatic N) is 1. The average Bonchev–Trinajstić information content (AvgIpc) is 2.83. The van der Waals surface area contributed by atoms with Crippen LogP contribution in [0, 0.1) is 11.3 Å². The van der Waals surface area contributed by atoms with Crippen LogP contribution in [0.1, 0.15) is 22.7 Å². The fourth-order valence-corrected chi connectivity index (χ4v) is 2.10. The monoisotopic (exact) mass is 221 g/mol. The van der Waals surface area contributed by atoms with Gasteiger partial charge in [0.15, 0.2) is 0 Å². The van der Waals surface area contributed by atoms with Gasteiger partial charge in [-0.3, -0.25) is 0 Å². The number of benzene rings is 2. The van der Waals surface area contributed by atoms with Crippen LogP contribution in [0.5, 0.6) is 0 Å². The first-order valence-electron chi connectivity index (χ1n) is 5.49. The normalized spacial score (nSPS) is 17.0. The number of hydrogen-bond acceptors (Lipinski definition) is 3. The molecule has 0 radical (unpaired) electrons. The van der Waals surface area contributed by atoms with Gasteiger partial charge in [0.25, 0.3) is 0 Å². The SMILES string of the molecule is N#Cc1ccc(C2NNc3ccccc32)cc1. The second kappa shape index (κ2) is 3.93. The second-order valence-electron chi connectivity index (χ2n) is 4.02. The summed E-state index contributed by atoms with van der Waals surface area (Å²) < 4.78 is 0. The van der Waals surface area contributed by atoms with Gasteiger partial charge in [0.2, 0.25) is 0 Å². The van der Waals surface area contributed by atoms with Crippen LogP contribution in [0.2, 0.25) is 0 Å². The Morgan fingerprint density at radius 2 is 1.76 bits per heavy atom. The number of para-hydroxylation sites is 1. The van der Waals surface area contributed by atoms with Crippen LogP contribution >= 0.6 is 0 Å². The molecule has 0 aromatic heterocycles. The van der Waals surface area contributed by atoms with Crippen LogP contribution in [0.15, 0.2) is 48.5 Å². The Morgan fingerprint density at radius 3 is 2.53 bits per heavy atom. The zero-order valence-electron chi connectivity index (χ0n) is 9.14. The predicted molar refractivity (Wildman–Crippen MR) is 66.2 cm³/mol. The van der Waals surface area contributed by atoms with Gasteiger partial charge in [-0.2, -0.15) is 5.26 Å². The topological polar surface area (TPSA) is 47.9 Å². The zero-order chi connectivity index (χ0) is 11.7. The lowest BCUT2D eigenvalue weighted by Crippen LogP contribution is -2.19. The standard InChI is InChI=1S/C14H11N3/c15-9-10-5-7-11(8-6-10)14-12-3-1-2-4-13(12)16-17-14/h1-8,14,16-17H. The minimum absolute atomic E-state index is 0.152. The summed E-state index contributed by atoms with van der Waals surface area (Å²) in [4.78, 5) is 0. The summed E-state index contributed by atoms with van der Waals surface area (Å²) in [5, 5.41) is 8.77. The third kappa shape index (κ3) is 1.65. The van der Waals surface area contributed by atoms with Crippen molar-refractivity contribution in [2.75, 3.05) is 5.43 Å². The molecule has 0 aliphatic carbocycles. The molecular weight excluding hydrogens is 210 g/mol. The van der Waals surface area contributed by atoms with Crippen LogP contribution in [0.4, 0.5) is 5.69 Å². The summed E-state index contributed by atoms with van der Waals surface area (Å²) in [6.07, 6.45) is 0. The van der Waals surface area contributed by atoms with Crippen LogP contribution in [0.3, 0.4) is 0 Å². The highest BCUT2D eigenvalue weighted by Crippen LogP contribution is 2.32. The van der Waals surface area contributed by atoms with Gasteiger partial charge in [-0.15, -0.1) is 0 Å². The van der Waals surface area contributed by atoms with E-state index < -0.39 is 0 Å². The number of nitriles is 1. The van der Waals surface area contributed by atoms with Gasteiger partial charge < -0.3 is 5.43 Å². The third-order valence-corrected chi connectivity index (χ3v) is 3.00. The molecule has 0 bridgehead atoms. The maximum absolute atomic E-state index is 8.77. The highest BCUT2D eigenvalue weighted by atomic mass is 15.4. The molecule has 82 valence electrons. The van der Waals surface area contributed by atoms with E-state index >= 15 is 0 Å². The lowest BCUT2D eigenvalue weighted by molar-refractivity contribution is 0.728. The number of hydrogen-bond donors (Lipinski definition) is 2. The Hall–Kier alpha value is -2.31. The van der Waals surface area contributed by atoms with Crippen molar-refractivity contribution in [3.63, 3.8) is 0 Å². The molecule has 0 saturated carbocycles. The molecule has 0 amide bonds. The van der Waals surface area contributed by atoms with E-state index in [1.807, 2.05) is 42.5 Å².